The van der Waals surface area contributed by atoms with Crippen LogP contribution < -0.4 is 5.32 Å². The second-order valence-electron chi connectivity index (χ2n) is 7.50. The Morgan fingerprint density at radius 1 is 0.935 bits per heavy atom. The summed E-state index contributed by atoms with van der Waals surface area (Å²) in [4.78, 5) is 41.3. The molecular weight excluding hydrogens is 396 g/mol. The summed E-state index contributed by atoms with van der Waals surface area (Å²) in [5.74, 6) is -0.232. The minimum Gasteiger partial charge on any atom is -0.459 e. The van der Waals surface area contributed by atoms with Gasteiger partial charge in [0, 0.05) is 38.1 Å². The highest BCUT2D eigenvalue weighted by Crippen LogP contribution is 2.14. The van der Waals surface area contributed by atoms with E-state index in [0.717, 1.165) is 11.3 Å². The average molecular weight is 420 g/mol. The number of piperazine rings is 1. The van der Waals surface area contributed by atoms with E-state index in [2.05, 4.69) is 5.32 Å². The zero-order valence-electron chi connectivity index (χ0n) is 17.3. The first-order chi connectivity index (χ1) is 15.0. The molecule has 0 saturated carbocycles. The summed E-state index contributed by atoms with van der Waals surface area (Å²) in [7, 11) is 0. The normalized spacial score (nSPS) is 13.8. The average Bonchev–Trinajstić information content (AvgIpc) is 3.45. The van der Waals surface area contributed by atoms with Gasteiger partial charge in [0.1, 0.15) is 12.2 Å². The van der Waals surface area contributed by atoms with Crippen molar-refractivity contribution in [2.24, 2.45) is 0 Å². The van der Waals surface area contributed by atoms with E-state index in [-0.39, 0.29) is 24.3 Å². The fourth-order valence-corrected chi connectivity index (χ4v) is 3.65. The number of amides is 3. The van der Waals surface area contributed by atoms with Crippen LogP contribution in [0, 0.1) is 6.92 Å². The number of aromatic nitrogens is 1. The minimum absolute atomic E-state index is 0.0406. The van der Waals surface area contributed by atoms with Crippen molar-refractivity contribution in [2.45, 2.75) is 13.5 Å². The molecule has 1 aliphatic rings. The third-order valence-corrected chi connectivity index (χ3v) is 5.25. The third kappa shape index (κ3) is 4.69. The van der Waals surface area contributed by atoms with Gasteiger partial charge < -0.3 is 24.1 Å². The van der Waals surface area contributed by atoms with Gasteiger partial charge in [0.15, 0.2) is 5.76 Å². The van der Waals surface area contributed by atoms with Crippen LogP contribution in [0.1, 0.15) is 26.6 Å². The summed E-state index contributed by atoms with van der Waals surface area (Å²) in [5.41, 5.74) is 2.23. The molecule has 1 fully saturated rings. The zero-order chi connectivity index (χ0) is 21.8. The van der Waals surface area contributed by atoms with Crippen molar-refractivity contribution in [3.05, 3.63) is 78.0 Å². The molecule has 0 unspecified atom stereocenters. The van der Waals surface area contributed by atoms with Crippen molar-refractivity contribution in [1.29, 1.82) is 0 Å². The Morgan fingerprint density at radius 2 is 1.68 bits per heavy atom. The van der Waals surface area contributed by atoms with Gasteiger partial charge in [-0.3, -0.25) is 14.4 Å². The highest BCUT2D eigenvalue weighted by Gasteiger charge is 2.27. The van der Waals surface area contributed by atoms with Gasteiger partial charge in [-0.2, -0.15) is 0 Å². The Hall–Kier alpha value is -3.81. The summed E-state index contributed by atoms with van der Waals surface area (Å²) in [6.45, 7) is 3.71. The molecule has 160 valence electrons. The first-order valence-corrected chi connectivity index (χ1v) is 10.1. The smallest absolute Gasteiger partial charge is 0.289 e. The maximum Gasteiger partial charge on any atom is 0.289 e. The zero-order valence-corrected chi connectivity index (χ0v) is 17.3. The van der Waals surface area contributed by atoms with E-state index >= 15 is 0 Å². The molecule has 3 aromatic rings. The first-order valence-electron chi connectivity index (χ1n) is 10.1. The number of benzene rings is 1. The first kappa shape index (κ1) is 20.5. The summed E-state index contributed by atoms with van der Waals surface area (Å²) < 4.78 is 6.82. The minimum atomic E-state index is -0.204. The van der Waals surface area contributed by atoms with E-state index in [4.69, 9.17) is 4.42 Å². The molecule has 8 nitrogen and oxygen atoms in total. The SMILES string of the molecule is Cc1cccc(NC(=O)Cn2cccc2C(=O)N2CCN(C(=O)c3ccco3)CC2)c1. The standard InChI is InChI=1S/C23H24N4O4/c1-17-5-2-6-18(15-17)24-21(28)16-27-9-3-7-19(27)22(29)25-10-12-26(13-11-25)23(30)20-8-4-14-31-20/h2-9,14-15H,10-13,16H2,1H3,(H,24,28). The monoisotopic (exact) mass is 420 g/mol. The van der Waals surface area contributed by atoms with E-state index in [1.54, 1.807) is 44.8 Å². The summed E-state index contributed by atoms with van der Waals surface area (Å²) in [6.07, 6.45) is 3.19. The van der Waals surface area contributed by atoms with E-state index < -0.39 is 0 Å². The molecule has 2 aromatic heterocycles. The second-order valence-corrected chi connectivity index (χ2v) is 7.50. The lowest BCUT2D eigenvalue weighted by Gasteiger charge is -2.34. The fourth-order valence-electron chi connectivity index (χ4n) is 3.65. The quantitative estimate of drug-likeness (QED) is 0.687. The highest BCUT2D eigenvalue weighted by molar-refractivity contribution is 5.95. The molecule has 0 radical (unpaired) electrons. The maximum absolute atomic E-state index is 13.0. The van der Waals surface area contributed by atoms with Crippen molar-refractivity contribution < 1.29 is 18.8 Å². The molecule has 1 N–H and O–H groups in total. The van der Waals surface area contributed by atoms with Crippen molar-refractivity contribution in [3.8, 4) is 0 Å². The van der Waals surface area contributed by atoms with Crippen LogP contribution in [0.25, 0.3) is 0 Å². The number of hydrogen-bond donors (Lipinski definition) is 1. The van der Waals surface area contributed by atoms with Crippen LogP contribution >= 0.6 is 0 Å². The Kier molecular flexibility index (Phi) is 5.88. The van der Waals surface area contributed by atoms with E-state index in [0.29, 0.717) is 37.6 Å². The van der Waals surface area contributed by atoms with E-state index in [1.807, 2.05) is 31.2 Å². The van der Waals surface area contributed by atoms with Gasteiger partial charge in [0.25, 0.3) is 11.8 Å². The predicted molar refractivity (Wildman–Crippen MR) is 115 cm³/mol. The molecule has 1 saturated heterocycles. The van der Waals surface area contributed by atoms with Crippen molar-refractivity contribution in [3.63, 3.8) is 0 Å². The molecule has 0 atom stereocenters. The molecular formula is C23H24N4O4. The lowest BCUT2D eigenvalue weighted by molar-refractivity contribution is -0.116. The number of rotatable bonds is 5. The number of hydrogen-bond acceptors (Lipinski definition) is 4. The number of nitrogens with one attached hydrogen (secondary N) is 1. The molecule has 8 heteroatoms. The highest BCUT2D eigenvalue weighted by atomic mass is 16.3. The number of nitrogens with zero attached hydrogens (tertiary/aromatic N) is 3. The summed E-state index contributed by atoms with van der Waals surface area (Å²) in [6, 6.07) is 14.3. The molecule has 31 heavy (non-hydrogen) atoms. The summed E-state index contributed by atoms with van der Waals surface area (Å²) >= 11 is 0. The molecule has 3 heterocycles. The number of aryl methyl sites for hydroxylation is 1. The van der Waals surface area contributed by atoms with Crippen LogP contribution in [-0.2, 0) is 11.3 Å². The Balaban J connectivity index is 1.35. The van der Waals surface area contributed by atoms with Gasteiger partial charge in [0.2, 0.25) is 5.91 Å². The largest absolute Gasteiger partial charge is 0.459 e. The van der Waals surface area contributed by atoms with Crippen LogP contribution in [0.15, 0.2) is 65.4 Å². The van der Waals surface area contributed by atoms with Crippen molar-refractivity contribution in [1.82, 2.24) is 14.4 Å². The molecule has 1 aromatic carbocycles. The molecule has 3 amide bonds. The Bertz CT molecular complexity index is 1080. The van der Waals surface area contributed by atoms with Gasteiger partial charge in [-0.25, -0.2) is 0 Å². The van der Waals surface area contributed by atoms with Gasteiger partial charge in [-0.1, -0.05) is 12.1 Å². The molecule has 4 rings (SSSR count). The van der Waals surface area contributed by atoms with Crippen molar-refractivity contribution >= 4 is 23.4 Å². The van der Waals surface area contributed by atoms with Gasteiger partial charge in [0.05, 0.1) is 6.26 Å². The van der Waals surface area contributed by atoms with Crippen LogP contribution in [0.4, 0.5) is 5.69 Å². The second kappa shape index (κ2) is 8.91. The molecule has 1 aliphatic heterocycles. The molecule has 0 aliphatic carbocycles. The van der Waals surface area contributed by atoms with E-state index in [1.165, 1.54) is 6.26 Å². The maximum atomic E-state index is 13.0. The Labute approximate surface area is 180 Å². The third-order valence-electron chi connectivity index (χ3n) is 5.25. The van der Waals surface area contributed by atoms with Crippen LogP contribution in [-0.4, -0.2) is 58.3 Å². The number of furan rings is 1. The molecule has 0 bridgehead atoms. The molecule has 0 spiro atoms. The van der Waals surface area contributed by atoms with Crippen LogP contribution in [0.2, 0.25) is 0 Å². The summed E-state index contributed by atoms with van der Waals surface area (Å²) in [5, 5.41) is 2.86. The number of anilines is 1. The van der Waals surface area contributed by atoms with Crippen molar-refractivity contribution in [2.75, 3.05) is 31.5 Å². The predicted octanol–water partition coefficient (Wildman–Crippen LogP) is 2.63. The van der Waals surface area contributed by atoms with Gasteiger partial charge in [-0.05, 0) is 48.9 Å². The fraction of sp³-hybridized carbons (Fsp3) is 0.261. The topological polar surface area (TPSA) is 87.8 Å². The number of carbonyl (C=O) groups excluding carboxylic acids is 3. The lowest BCUT2D eigenvalue weighted by atomic mass is 10.2. The van der Waals surface area contributed by atoms with Gasteiger partial charge >= 0.3 is 0 Å². The Morgan fingerprint density at radius 3 is 2.35 bits per heavy atom. The van der Waals surface area contributed by atoms with E-state index in [9.17, 15) is 14.4 Å². The van der Waals surface area contributed by atoms with Crippen LogP contribution in [0.5, 0.6) is 0 Å². The van der Waals surface area contributed by atoms with Crippen LogP contribution in [0.3, 0.4) is 0 Å². The number of carbonyl (C=O) groups is 3. The van der Waals surface area contributed by atoms with Gasteiger partial charge in [-0.15, -0.1) is 0 Å². The lowest BCUT2D eigenvalue weighted by Crippen LogP contribution is -2.50.